The van der Waals surface area contributed by atoms with Crippen molar-refractivity contribution in [2.75, 3.05) is 19.8 Å². The molecule has 0 saturated carbocycles. The normalized spacial score (nSPS) is 11.6. The molecule has 0 bridgehead atoms. The molecule has 0 atom stereocenters. The minimum atomic E-state index is -2.69. The van der Waals surface area contributed by atoms with Crippen LogP contribution in [-0.4, -0.2) is 28.6 Å². The van der Waals surface area contributed by atoms with Gasteiger partial charge in [-0.05, 0) is 31.4 Å². The Morgan fingerprint density at radius 3 is 1.74 bits per heavy atom. The van der Waals surface area contributed by atoms with Gasteiger partial charge in [-0.3, -0.25) is 0 Å². The molecule has 0 saturated heterocycles. The maximum absolute atomic E-state index is 6.21. The molecule has 0 radical (unpaired) electrons. The Morgan fingerprint density at radius 2 is 1.22 bits per heavy atom. The fourth-order valence-corrected chi connectivity index (χ4v) is 5.12. The van der Waals surface area contributed by atoms with E-state index in [1.54, 1.807) is 0 Å². The molecule has 0 aliphatic rings. The summed E-state index contributed by atoms with van der Waals surface area (Å²) in [5, 5.41) is 0. The minimum Gasteiger partial charge on any atom is -0.374 e. The highest BCUT2D eigenvalue weighted by atomic mass is 28.4. The van der Waals surface area contributed by atoms with E-state index in [2.05, 4.69) is 36.4 Å². The molecule has 0 aliphatic carbocycles. The van der Waals surface area contributed by atoms with E-state index in [9.17, 15) is 0 Å². The monoisotopic (exact) mass is 330 g/mol. The van der Waals surface area contributed by atoms with Crippen LogP contribution in [0, 0.1) is 0 Å². The van der Waals surface area contributed by atoms with Crippen LogP contribution in [0.25, 0.3) is 0 Å². The maximum atomic E-state index is 6.21. The van der Waals surface area contributed by atoms with Crippen molar-refractivity contribution in [1.29, 1.82) is 0 Å². The standard InChI is InChI=1S/C19H26O3Si/c1-3-20-23(21-4-2,17-19-13-9-6-10-14-19)22-16-15-18-11-7-5-8-12-18/h5-14H,3-4,15-17H2,1-2H3. The third-order valence-electron chi connectivity index (χ3n) is 3.55. The first-order chi connectivity index (χ1) is 11.3. The summed E-state index contributed by atoms with van der Waals surface area (Å²) in [6, 6.07) is 21.4. The summed E-state index contributed by atoms with van der Waals surface area (Å²) in [6.07, 6.45) is 0.866. The highest BCUT2D eigenvalue weighted by molar-refractivity contribution is 6.60. The molecule has 0 aromatic heterocycles. The first-order valence-corrected chi connectivity index (χ1v) is 10.2. The molecule has 2 aromatic carbocycles. The van der Waals surface area contributed by atoms with Crippen LogP contribution in [0.1, 0.15) is 25.0 Å². The zero-order valence-electron chi connectivity index (χ0n) is 14.0. The highest BCUT2D eigenvalue weighted by Crippen LogP contribution is 2.18. The van der Waals surface area contributed by atoms with Crippen LogP contribution >= 0.6 is 0 Å². The summed E-state index contributed by atoms with van der Waals surface area (Å²) in [5.74, 6) is 0. The Balaban J connectivity index is 2.02. The molecule has 2 rings (SSSR count). The third kappa shape index (κ3) is 5.92. The SMILES string of the molecule is CCO[Si](Cc1ccccc1)(OCC)OCCc1ccccc1. The van der Waals surface area contributed by atoms with Crippen molar-refractivity contribution < 1.29 is 13.3 Å². The lowest BCUT2D eigenvalue weighted by molar-refractivity contribution is 0.0670. The summed E-state index contributed by atoms with van der Waals surface area (Å²) in [5.41, 5.74) is 2.46. The Morgan fingerprint density at radius 1 is 0.696 bits per heavy atom. The maximum Gasteiger partial charge on any atom is 0.505 e. The van der Waals surface area contributed by atoms with Gasteiger partial charge in [-0.1, -0.05) is 60.7 Å². The van der Waals surface area contributed by atoms with E-state index in [0.717, 1.165) is 6.42 Å². The molecule has 0 unspecified atom stereocenters. The highest BCUT2D eigenvalue weighted by Gasteiger charge is 2.40. The van der Waals surface area contributed by atoms with Gasteiger partial charge in [0.25, 0.3) is 0 Å². The second-order valence-corrected chi connectivity index (χ2v) is 7.88. The zero-order valence-corrected chi connectivity index (χ0v) is 15.0. The summed E-state index contributed by atoms with van der Waals surface area (Å²) >= 11 is 0. The summed E-state index contributed by atoms with van der Waals surface area (Å²) in [4.78, 5) is 0. The van der Waals surface area contributed by atoms with Gasteiger partial charge in [0.2, 0.25) is 0 Å². The Hall–Kier alpha value is -1.46. The molecular weight excluding hydrogens is 304 g/mol. The second kappa shape index (κ2) is 9.63. The van der Waals surface area contributed by atoms with Crippen molar-refractivity contribution in [1.82, 2.24) is 0 Å². The van der Waals surface area contributed by atoms with Crippen molar-refractivity contribution in [2.45, 2.75) is 26.3 Å². The molecule has 0 spiro atoms. The molecule has 0 N–H and O–H groups in total. The molecule has 2 aromatic rings. The van der Waals surface area contributed by atoms with Gasteiger partial charge < -0.3 is 13.3 Å². The van der Waals surface area contributed by atoms with Crippen LogP contribution in [0.4, 0.5) is 0 Å². The number of hydrogen-bond donors (Lipinski definition) is 0. The van der Waals surface area contributed by atoms with E-state index in [1.165, 1.54) is 11.1 Å². The molecule has 23 heavy (non-hydrogen) atoms. The first kappa shape index (κ1) is 17.9. The lowest BCUT2D eigenvalue weighted by Crippen LogP contribution is -2.49. The van der Waals surface area contributed by atoms with Gasteiger partial charge in [-0.2, -0.15) is 0 Å². The molecule has 0 heterocycles. The van der Waals surface area contributed by atoms with Crippen molar-refractivity contribution in [2.24, 2.45) is 0 Å². The second-order valence-electron chi connectivity index (χ2n) is 5.30. The molecule has 3 nitrogen and oxygen atoms in total. The van der Waals surface area contributed by atoms with Crippen LogP contribution in [0.15, 0.2) is 60.7 Å². The van der Waals surface area contributed by atoms with E-state index in [0.29, 0.717) is 25.9 Å². The van der Waals surface area contributed by atoms with Gasteiger partial charge in [0, 0.05) is 25.9 Å². The topological polar surface area (TPSA) is 27.7 Å². The summed E-state index contributed by atoms with van der Waals surface area (Å²) in [7, 11) is -2.69. The molecule has 0 aliphatic heterocycles. The third-order valence-corrected chi connectivity index (χ3v) is 6.49. The smallest absolute Gasteiger partial charge is 0.374 e. The lowest BCUT2D eigenvalue weighted by Gasteiger charge is -2.29. The van der Waals surface area contributed by atoms with E-state index in [-0.39, 0.29) is 0 Å². The average molecular weight is 330 g/mol. The van der Waals surface area contributed by atoms with Crippen molar-refractivity contribution in [3.8, 4) is 0 Å². The first-order valence-electron chi connectivity index (χ1n) is 8.27. The fourth-order valence-electron chi connectivity index (χ4n) is 2.53. The summed E-state index contributed by atoms with van der Waals surface area (Å²) in [6.45, 7) is 5.80. The molecule has 0 fully saturated rings. The number of hydrogen-bond acceptors (Lipinski definition) is 3. The molecule has 4 heteroatoms. The van der Waals surface area contributed by atoms with E-state index in [4.69, 9.17) is 13.3 Å². The molecule has 0 amide bonds. The predicted molar refractivity (Wildman–Crippen MR) is 95.3 cm³/mol. The van der Waals surface area contributed by atoms with E-state index >= 15 is 0 Å². The predicted octanol–water partition coefficient (Wildman–Crippen LogP) is 4.04. The van der Waals surface area contributed by atoms with Gasteiger partial charge in [0.05, 0.1) is 0 Å². The van der Waals surface area contributed by atoms with E-state index in [1.807, 2.05) is 38.1 Å². The fraction of sp³-hybridized carbons (Fsp3) is 0.368. The average Bonchev–Trinajstić information content (AvgIpc) is 2.57. The number of benzene rings is 2. The Labute approximate surface area is 140 Å². The zero-order chi connectivity index (χ0) is 16.4. The Bertz CT molecular complexity index is 539. The van der Waals surface area contributed by atoms with Gasteiger partial charge in [0.1, 0.15) is 0 Å². The van der Waals surface area contributed by atoms with Crippen LogP contribution in [0.3, 0.4) is 0 Å². The van der Waals surface area contributed by atoms with Crippen LogP contribution in [-0.2, 0) is 25.7 Å². The Kier molecular flexibility index (Phi) is 7.48. The molecular formula is C19H26O3Si. The van der Waals surface area contributed by atoms with Crippen LogP contribution < -0.4 is 0 Å². The van der Waals surface area contributed by atoms with Gasteiger partial charge in [-0.15, -0.1) is 0 Å². The quantitative estimate of drug-likeness (QED) is 0.615. The number of rotatable bonds is 10. The van der Waals surface area contributed by atoms with Crippen molar-refractivity contribution in [3.05, 3.63) is 71.8 Å². The van der Waals surface area contributed by atoms with Gasteiger partial charge in [-0.25, -0.2) is 0 Å². The van der Waals surface area contributed by atoms with Gasteiger partial charge >= 0.3 is 8.80 Å². The molecule has 124 valence electrons. The van der Waals surface area contributed by atoms with Crippen LogP contribution in [0.2, 0.25) is 0 Å². The van der Waals surface area contributed by atoms with Crippen LogP contribution in [0.5, 0.6) is 0 Å². The summed E-state index contributed by atoms with van der Waals surface area (Å²) < 4.78 is 18.2. The minimum absolute atomic E-state index is 0.602. The van der Waals surface area contributed by atoms with Crippen molar-refractivity contribution >= 4 is 8.80 Å². The van der Waals surface area contributed by atoms with Crippen molar-refractivity contribution in [3.63, 3.8) is 0 Å². The van der Waals surface area contributed by atoms with Gasteiger partial charge in [0.15, 0.2) is 0 Å². The largest absolute Gasteiger partial charge is 0.505 e. The lowest BCUT2D eigenvalue weighted by atomic mass is 10.2. The van der Waals surface area contributed by atoms with E-state index < -0.39 is 8.80 Å².